The number of carbonyl (C=O) groups is 1. The number of hydrogen-bond acceptors (Lipinski definition) is 4. The summed E-state index contributed by atoms with van der Waals surface area (Å²) < 4.78 is 10.9. The van der Waals surface area contributed by atoms with Crippen LogP contribution in [0.25, 0.3) is 0 Å². The quantitative estimate of drug-likeness (QED) is 0.906. The fourth-order valence-corrected chi connectivity index (χ4v) is 2.08. The van der Waals surface area contributed by atoms with Crippen molar-refractivity contribution in [3.05, 3.63) is 53.6 Å². The lowest BCUT2D eigenvalue weighted by atomic mass is 10.1. The molecule has 0 saturated carbocycles. The van der Waals surface area contributed by atoms with Gasteiger partial charge in [-0.15, -0.1) is 0 Å². The van der Waals surface area contributed by atoms with Gasteiger partial charge in [0, 0.05) is 12.1 Å². The van der Waals surface area contributed by atoms with Crippen LogP contribution >= 0.6 is 0 Å². The first-order chi connectivity index (χ1) is 10.2. The number of phenolic OH excluding ortho intramolecular Hbond substituents is 1. The van der Waals surface area contributed by atoms with Crippen LogP contribution in [-0.2, 0) is 6.54 Å². The van der Waals surface area contributed by atoms with Crippen molar-refractivity contribution in [2.75, 3.05) is 13.2 Å². The maximum Gasteiger partial charge on any atom is 0.251 e. The van der Waals surface area contributed by atoms with E-state index in [0.29, 0.717) is 36.8 Å². The third-order valence-electron chi connectivity index (χ3n) is 3.19. The lowest BCUT2D eigenvalue weighted by Crippen LogP contribution is -2.23. The third kappa shape index (κ3) is 3.08. The van der Waals surface area contributed by atoms with Gasteiger partial charge in [-0.25, -0.2) is 0 Å². The molecular formula is C16H15NO4. The van der Waals surface area contributed by atoms with Crippen molar-refractivity contribution < 1.29 is 19.4 Å². The van der Waals surface area contributed by atoms with Crippen LogP contribution in [-0.4, -0.2) is 24.2 Å². The summed E-state index contributed by atoms with van der Waals surface area (Å²) in [7, 11) is 0. The highest BCUT2D eigenvalue weighted by Gasteiger charge is 2.14. The number of amides is 1. The Labute approximate surface area is 122 Å². The fourth-order valence-electron chi connectivity index (χ4n) is 2.08. The Balaban J connectivity index is 1.66. The first kappa shape index (κ1) is 13.3. The summed E-state index contributed by atoms with van der Waals surface area (Å²) in [5, 5.41) is 12.0. The highest BCUT2D eigenvalue weighted by molar-refractivity contribution is 5.94. The van der Waals surface area contributed by atoms with Crippen molar-refractivity contribution in [3.63, 3.8) is 0 Å². The van der Waals surface area contributed by atoms with Crippen LogP contribution in [0.5, 0.6) is 17.2 Å². The largest absolute Gasteiger partial charge is 0.508 e. The van der Waals surface area contributed by atoms with E-state index < -0.39 is 0 Å². The molecule has 0 fully saturated rings. The maximum absolute atomic E-state index is 12.1. The molecule has 2 N–H and O–H groups in total. The second-order valence-corrected chi connectivity index (χ2v) is 4.71. The van der Waals surface area contributed by atoms with Crippen LogP contribution < -0.4 is 14.8 Å². The summed E-state index contributed by atoms with van der Waals surface area (Å²) in [6.07, 6.45) is 0. The topological polar surface area (TPSA) is 67.8 Å². The van der Waals surface area contributed by atoms with Gasteiger partial charge in [-0.05, 0) is 35.9 Å². The van der Waals surface area contributed by atoms with E-state index in [2.05, 4.69) is 5.32 Å². The van der Waals surface area contributed by atoms with Crippen LogP contribution in [0.1, 0.15) is 15.9 Å². The van der Waals surface area contributed by atoms with Gasteiger partial charge in [-0.1, -0.05) is 12.1 Å². The number of carbonyl (C=O) groups excluding carboxylic acids is 1. The van der Waals surface area contributed by atoms with E-state index in [1.165, 1.54) is 0 Å². The second kappa shape index (κ2) is 5.75. The average molecular weight is 285 g/mol. The molecule has 0 bridgehead atoms. The summed E-state index contributed by atoms with van der Waals surface area (Å²) >= 11 is 0. The standard InChI is InChI=1S/C16H15NO4/c18-13-4-1-11(2-5-13)10-17-16(19)12-3-6-14-15(9-12)21-8-7-20-14/h1-6,9,18H,7-8,10H2,(H,17,19). The zero-order valence-electron chi connectivity index (χ0n) is 11.3. The monoisotopic (exact) mass is 285 g/mol. The van der Waals surface area contributed by atoms with Crippen molar-refractivity contribution in [3.8, 4) is 17.2 Å². The molecular weight excluding hydrogens is 270 g/mol. The SMILES string of the molecule is O=C(NCc1ccc(O)cc1)c1ccc2c(c1)OCCO2. The van der Waals surface area contributed by atoms with Gasteiger partial charge in [0.25, 0.3) is 5.91 Å². The highest BCUT2D eigenvalue weighted by atomic mass is 16.6. The molecule has 0 unspecified atom stereocenters. The second-order valence-electron chi connectivity index (χ2n) is 4.71. The van der Waals surface area contributed by atoms with Crippen molar-refractivity contribution in [1.82, 2.24) is 5.32 Å². The number of nitrogens with one attached hydrogen (secondary N) is 1. The third-order valence-corrected chi connectivity index (χ3v) is 3.19. The first-order valence-corrected chi connectivity index (χ1v) is 6.68. The van der Waals surface area contributed by atoms with E-state index >= 15 is 0 Å². The highest BCUT2D eigenvalue weighted by Crippen LogP contribution is 2.30. The number of ether oxygens (including phenoxy) is 2. The van der Waals surface area contributed by atoms with E-state index in [4.69, 9.17) is 9.47 Å². The Kier molecular flexibility index (Phi) is 3.64. The molecule has 108 valence electrons. The predicted octanol–water partition coefficient (Wildman–Crippen LogP) is 2.09. The van der Waals surface area contributed by atoms with Crippen LogP contribution in [0, 0.1) is 0 Å². The molecule has 0 aliphatic carbocycles. The lowest BCUT2D eigenvalue weighted by molar-refractivity contribution is 0.0949. The molecule has 1 heterocycles. The number of benzene rings is 2. The molecule has 0 saturated heterocycles. The summed E-state index contributed by atoms with van der Waals surface area (Å²) in [6.45, 7) is 1.42. The summed E-state index contributed by atoms with van der Waals surface area (Å²) in [4.78, 5) is 12.1. The van der Waals surface area contributed by atoms with Gasteiger partial charge < -0.3 is 19.9 Å². The van der Waals surface area contributed by atoms with E-state index in [-0.39, 0.29) is 11.7 Å². The van der Waals surface area contributed by atoms with Gasteiger partial charge in [0.05, 0.1) is 0 Å². The number of aromatic hydroxyl groups is 1. The van der Waals surface area contributed by atoms with Gasteiger partial charge in [0.2, 0.25) is 0 Å². The number of phenols is 1. The van der Waals surface area contributed by atoms with Crippen molar-refractivity contribution in [1.29, 1.82) is 0 Å². The zero-order chi connectivity index (χ0) is 14.7. The Morgan fingerprint density at radius 3 is 2.52 bits per heavy atom. The van der Waals surface area contributed by atoms with Gasteiger partial charge >= 0.3 is 0 Å². The van der Waals surface area contributed by atoms with E-state index in [1.807, 2.05) is 0 Å². The van der Waals surface area contributed by atoms with E-state index in [9.17, 15) is 9.90 Å². The normalized spacial score (nSPS) is 12.8. The fraction of sp³-hybridized carbons (Fsp3) is 0.188. The minimum atomic E-state index is -0.181. The van der Waals surface area contributed by atoms with Crippen LogP contribution in [0.2, 0.25) is 0 Å². The Morgan fingerprint density at radius 2 is 1.76 bits per heavy atom. The number of rotatable bonds is 3. The predicted molar refractivity (Wildman–Crippen MR) is 76.7 cm³/mol. The molecule has 2 aromatic rings. The molecule has 3 rings (SSSR count). The Hall–Kier alpha value is -2.69. The smallest absolute Gasteiger partial charge is 0.251 e. The molecule has 1 amide bonds. The minimum Gasteiger partial charge on any atom is -0.508 e. The van der Waals surface area contributed by atoms with Crippen molar-refractivity contribution >= 4 is 5.91 Å². The number of hydrogen-bond donors (Lipinski definition) is 2. The van der Waals surface area contributed by atoms with Gasteiger partial charge in [0.1, 0.15) is 19.0 Å². The molecule has 5 nitrogen and oxygen atoms in total. The molecule has 0 aromatic heterocycles. The van der Waals surface area contributed by atoms with Crippen LogP contribution in [0.15, 0.2) is 42.5 Å². The molecule has 2 aromatic carbocycles. The molecule has 0 radical (unpaired) electrons. The van der Waals surface area contributed by atoms with Gasteiger partial charge in [-0.2, -0.15) is 0 Å². The van der Waals surface area contributed by atoms with Crippen LogP contribution in [0.3, 0.4) is 0 Å². The van der Waals surface area contributed by atoms with Crippen LogP contribution in [0.4, 0.5) is 0 Å². The minimum absolute atomic E-state index is 0.181. The molecule has 1 aliphatic heterocycles. The molecule has 0 spiro atoms. The molecule has 1 aliphatic rings. The van der Waals surface area contributed by atoms with Gasteiger partial charge in [-0.3, -0.25) is 4.79 Å². The lowest BCUT2D eigenvalue weighted by Gasteiger charge is -2.18. The summed E-state index contributed by atoms with van der Waals surface area (Å²) in [6, 6.07) is 11.8. The van der Waals surface area contributed by atoms with Crippen molar-refractivity contribution in [2.45, 2.75) is 6.54 Å². The van der Waals surface area contributed by atoms with Gasteiger partial charge in [0.15, 0.2) is 11.5 Å². The molecule has 21 heavy (non-hydrogen) atoms. The Morgan fingerprint density at radius 1 is 1.05 bits per heavy atom. The molecule has 0 atom stereocenters. The first-order valence-electron chi connectivity index (χ1n) is 6.68. The Bertz CT molecular complexity index is 652. The summed E-state index contributed by atoms with van der Waals surface area (Å²) in [5.74, 6) is 1.28. The molecule has 5 heteroatoms. The van der Waals surface area contributed by atoms with E-state index in [0.717, 1.165) is 5.56 Å². The zero-order valence-corrected chi connectivity index (χ0v) is 11.3. The average Bonchev–Trinajstić information content (AvgIpc) is 2.53. The van der Waals surface area contributed by atoms with Crippen molar-refractivity contribution in [2.24, 2.45) is 0 Å². The maximum atomic E-state index is 12.1. The summed E-state index contributed by atoms with van der Waals surface area (Å²) in [5.41, 5.74) is 1.44. The number of fused-ring (bicyclic) bond motifs is 1. The van der Waals surface area contributed by atoms with E-state index in [1.54, 1.807) is 42.5 Å².